The highest BCUT2D eigenvalue weighted by Gasteiger charge is 2.11. The van der Waals surface area contributed by atoms with Crippen molar-refractivity contribution < 1.29 is 5.11 Å². The molecule has 0 aliphatic heterocycles. The van der Waals surface area contributed by atoms with Gasteiger partial charge in [0.15, 0.2) is 0 Å². The summed E-state index contributed by atoms with van der Waals surface area (Å²) < 4.78 is 1.05. The fraction of sp³-hybridized carbons (Fsp3) is 0.400. The second-order valence-corrected chi connectivity index (χ2v) is 3.96. The van der Waals surface area contributed by atoms with Crippen molar-refractivity contribution in [3.8, 4) is 0 Å². The van der Waals surface area contributed by atoms with Crippen LogP contribution in [0.4, 0.5) is 0 Å². The number of hydrogen-bond donors (Lipinski definition) is 2. The summed E-state index contributed by atoms with van der Waals surface area (Å²) in [7, 11) is 0. The molecule has 0 fully saturated rings. The maximum Gasteiger partial charge on any atom is 0.0915 e. The smallest absolute Gasteiger partial charge is 0.0915 e. The van der Waals surface area contributed by atoms with Gasteiger partial charge in [0.1, 0.15) is 0 Å². The summed E-state index contributed by atoms with van der Waals surface area (Å²) in [6.45, 7) is 4.26. The van der Waals surface area contributed by atoms with Gasteiger partial charge in [-0.1, -0.05) is 28.1 Å². The Kier molecular flexibility index (Phi) is 3.47. The number of aryl methyl sites for hydroxylation is 1. The summed E-state index contributed by atoms with van der Waals surface area (Å²) >= 11 is 3.48. The molecule has 0 bridgehead atoms. The lowest BCUT2D eigenvalue weighted by Crippen LogP contribution is -2.13. The Labute approximate surface area is 86.9 Å². The van der Waals surface area contributed by atoms with Gasteiger partial charge in [0.05, 0.1) is 6.10 Å². The molecule has 0 saturated heterocycles. The third-order valence-electron chi connectivity index (χ3n) is 2.20. The minimum Gasteiger partial charge on any atom is -0.387 e. The summed E-state index contributed by atoms with van der Waals surface area (Å²) in [5, 5.41) is 9.58. The number of halogens is 1. The predicted octanol–water partition coefficient (Wildman–Crippen LogP) is 2.06. The molecule has 13 heavy (non-hydrogen) atoms. The molecule has 1 atom stereocenters. The zero-order chi connectivity index (χ0) is 10.0. The average Bonchev–Trinajstić information content (AvgIpc) is 2.13. The van der Waals surface area contributed by atoms with Gasteiger partial charge in [0, 0.05) is 11.0 Å². The van der Waals surface area contributed by atoms with Crippen LogP contribution in [0.3, 0.4) is 0 Å². The third-order valence-corrected chi connectivity index (χ3v) is 3.42. The number of aliphatic hydroxyl groups excluding tert-OH is 1. The molecule has 1 aromatic carbocycles. The third kappa shape index (κ3) is 2.10. The van der Waals surface area contributed by atoms with E-state index in [1.54, 1.807) is 0 Å². The maximum absolute atomic E-state index is 9.58. The van der Waals surface area contributed by atoms with E-state index in [1.165, 1.54) is 5.56 Å². The fourth-order valence-corrected chi connectivity index (χ4v) is 1.68. The molecule has 0 heterocycles. The SMILES string of the molecule is Cc1ccc([C@H](O)CN)c(C)c1Br. The van der Waals surface area contributed by atoms with Crippen molar-refractivity contribution in [2.45, 2.75) is 20.0 Å². The molecule has 2 nitrogen and oxygen atoms in total. The molecule has 1 rings (SSSR count). The Morgan fingerprint density at radius 1 is 1.46 bits per heavy atom. The maximum atomic E-state index is 9.58. The molecular weight excluding hydrogens is 230 g/mol. The number of nitrogens with two attached hydrogens (primary N) is 1. The van der Waals surface area contributed by atoms with Gasteiger partial charge in [-0.05, 0) is 30.5 Å². The first-order chi connectivity index (χ1) is 6.07. The van der Waals surface area contributed by atoms with Gasteiger partial charge in [0.25, 0.3) is 0 Å². The first-order valence-electron chi connectivity index (χ1n) is 4.21. The average molecular weight is 244 g/mol. The van der Waals surface area contributed by atoms with Gasteiger partial charge in [-0.25, -0.2) is 0 Å². The van der Waals surface area contributed by atoms with Crippen LogP contribution in [0.25, 0.3) is 0 Å². The largest absolute Gasteiger partial charge is 0.387 e. The first kappa shape index (κ1) is 10.7. The molecule has 0 unspecified atom stereocenters. The van der Waals surface area contributed by atoms with E-state index < -0.39 is 6.10 Å². The summed E-state index contributed by atoms with van der Waals surface area (Å²) in [6.07, 6.45) is -0.558. The summed E-state index contributed by atoms with van der Waals surface area (Å²) in [6, 6.07) is 3.90. The minimum absolute atomic E-state index is 0.260. The molecule has 0 aromatic heterocycles. The van der Waals surface area contributed by atoms with Gasteiger partial charge < -0.3 is 10.8 Å². The highest BCUT2D eigenvalue weighted by Crippen LogP contribution is 2.27. The molecule has 1 aromatic rings. The molecule has 3 N–H and O–H groups in total. The zero-order valence-electron chi connectivity index (χ0n) is 7.84. The number of rotatable bonds is 2. The molecule has 3 heteroatoms. The number of benzene rings is 1. The molecular formula is C10H14BrNO. The highest BCUT2D eigenvalue weighted by molar-refractivity contribution is 9.10. The van der Waals surface area contributed by atoms with Crippen molar-refractivity contribution in [1.29, 1.82) is 0 Å². The van der Waals surface area contributed by atoms with Crippen LogP contribution in [-0.4, -0.2) is 11.7 Å². The second-order valence-electron chi connectivity index (χ2n) is 3.16. The van der Waals surface area contributed by atoms with E-state index in [-0.39, 0.29) is 6.54 Å². The van der Waals surface area contributed by atoms with E-state index in [4.69, 9.17) is 5.73 Å². The normalized spacial score (nSPS) is 13.0. The lowest BCUT2D eigenvalue weighted by molar-refractivity contribution is 0.186. The van der Waals surface area contributed by atoms with Gasteiger partial charge in [0.2, 0.25) is 0 Å². The van der Waals surface area contributed by atoms with E-state index in [0.717, 1.165) is 15.6 Å². The number of hydrogen-bond acceptors (Lipinski definition) is 2. The van der Waals surface area contributed by atoms with Crippen LogP contribution in [0.5, 0.6) is 0 Å². The van der Waals surface area contributed by atoms with E-state index >= 15 is 0 Å². The Morgan fingerprint density at radius 2 is 2.08 bits per heavy atom. The predicted molar refractivity (Wildman–Crippen MR) is 57.6 cm³/mol. The fourth-order valence-electron chi connectivity index (χ4n) is 1.32. The molecule has 0 radical (unpaired) electrons. The topological polar surface area (TPSA) is 46.2 Å². The van der Waals surface area contributed by atoms with Gasteiger partial charge in [-0.2, -0.15) is 0 Å². The molecule has 72 valence electrons. The van der Waals surface area contributed by atoms with Crippen LogP contribution in [0, 0.1) is 13.8 Å². The lowest BCUT2D eigenvalue weighted by Gasteiger charge is -2.14. The van der Waals surface area contributed by atoms with Crippen LogP contribution in [0.15, 0.2) is 16.6 Å². The Balaban J connectivity index is 3.18. The van der Waals surface area contributed by atoms with Crippen LogP contribution < -0.4 is 5.73 Å². The van der Waals surface area contributed by atoms with Crippen molar-refractivity contribution in [1.82, 2.24) is 0 Å². The zero-order valence-corrected chi connectivity index (χ0v) is 9.43. The minimum atomic E-state index is -0.558. The monoisotopic (exact) mass is 243 g/mol. The highest BCUT2D eigenvalue weighted by atomic mass is 79.9. The van der Waals surface area contributed by atoms with Gasteiger partial charge in [-0.15, -0.1) is 0 Å². The Morgan fingerprint density at radius 3 is 2.62 bits per heavy atom. The molecule has 0 aliphatic carbocycles. The van der Waals surface area contributed by atoms with E-state index in [2.05, 4.69) is 15.9 Å². The summed E-state index contributed by atoms with van der Waals surface area (Å²) in [4.78, 5) is 0. The van der Waals surface area contributed by atoms with Crippen molar-refractivity contribution in [2.75, 3.05) is 6.54 Å². The molecule has 0 aliphatic rings. The standard InChI is InChI=1S/C10H14BrNO/c1-6-3-4-8(9(13)5-12)7(2)10(6)11/h3-4,9,13H,5,12H2,1-2H3/t9-/m1/s1. The van der Waals surface area contributed by atoms with Gasteiger partial charge >= 0.3 is 0 Å². The van der Waals surface area contributed by atoms with Crippen molar-refractivity contribution in [3.63, 3.8) is 0 Å². The second kappa shape index (κ2) is 4.22. The van der Waals surface area contributed by atoms with Crippen molar-refractivity contribution in [3.05, 3.63) is 33.3 Å². The molecule has 0 amide bonds. The summed E-state index contributed by atoms with van der Waals surface area (Å²) in [5.41, 5.74) is 8.54. The quantitative estimate of drug-likeness (QED) is 0.836. The van der Waals surface area contributed by atoms with Crippen LogP contribution in [0.2, 0.25) is 0 Å². The van der Waals surface area contributed by atoms with Crippen molar-refractivity contribution in [2.24, 2.45) is 5.73 Å². The van der Waals surface area contributed by atoms with E-state index in [1.807, 2.05) is 26.0 Å². The summed E-state index contributed by atoms with van der Waals surface area (Å²) in [5.74, 6) is 0. The van der Waals surface area contributed by atoms with Crippen LogP contribution in [-0.2, 0) is 0 Å². The first-order valence-corrected chi connectivity index (χ1v) is 5.01. The molecule has 0 spiro atoms. The van der Waals surface area contributed by atoms with Crippen molar-refractivity contribution >= 4 is 15.9 Å². The lowest BCUT2D eigenvalue weighted by atomic mass is 10.0. The van der Waals surface area contributed by atoms with E-state index in [9.17, 15) is 5.11 Å². The van der Waals surface area contributed by atoms with E-state index in [0.29, 0.717) is 0 Å². The number of aliphatic hydroxyl groups is 1. The molecule has 0 saturated carbocycles. The Bertz CT molecular complexity index is 312. The Hall–Kier alpha value is -0.380. The van der Waals surface area contributed by atoms with Crippen LogP contribution >= 0.6 is 15.9 Å². The van der Waals surface area contributed by atoms with Gasteiger partial charge in [-0.3, -0.25) is 0 Å². The van der Waals surface area contributed by atoms with Crippen LogP contribution in [0.1, 0.15) is 22.8 Å².